The fourth-order valence-electron chi connectivity index (χ4n) is 1.20. The number of aliphatic hydroxyl groups is 1. The molecule has 4 heteroatoms. The normalized spacial score (nSPS) is 12.4. The van der Waals surface area contributed by atoms with E-state index in [1.807, 2.05) is 25.3 Å². The minimum absolute atomic E-state index is 0.0902. The van der Waals surface area contributed by atoms with Crippen molar-refractivity contribution in [1.82, 2.24) is 10.3 Å². The number of aromatic amines is 1. The molecule has 0 fully saturated rings. The van der Waals surface area contributed by atoms with Crippen LogP contribution in [-0.4, -0.2) is 22.6 Å². The van der Waals surface area contributed by atoms with Crippen molar-refractivity contribution in [2.45, 2.75) is 19.9 Å². The van der Waals surface area contributed by atoms with Crippen LogP contribution in [0.5, 0.6) is 0 Å². The van der Waals surface area contributed by atoms with Crippen molar-refractivity contribution in [3.63, 3.8) is 0 Å². The highest BCUT2D eigenvalue weighted by molar-refractivity contribution is 5.78. The van der Waals surface area contributed by atoms with E-state index in [4.69, 9.17) is 5.11 Å². The first kappa shape index (κ1) is 10.8. The summed E-state index contributed by atoms with van der Waals surface area (Å²) in [5.41, 5.74) is 0.964. The molecule has 3 N–H and O–H groups in total. The highest BCUT2D eigenvalue weighted by Gasteiger charge is 2.14. The van der Waals surface area contributed by atoms with Gasteiger partial charge in [0.25, 0.3) is 0 Å². The standard InChI is InChI=1S/C10H16N2O2/c1-2-8(7-13)10(14)12-6-9-4-3-5-11-9/h3-5,8,11,13H,2,6-7H2,1H3,(H,12,14). The number of carbonyl (C=O) groups is 1. The van der Waals surface area contributed by atoms with Crippen LogP contribution in [0, 0.1) is 5.92 Å². The van der Waals surface area contributed by atoms with Crippen LogP contribution in [0.3, 0.4) is 0 Å². The summed E-state index contributed by atoms with van der Waals surface area (Å²) in [6, 6.07) is 3.78. The van der Waals surface area contributed by atoms with Crippen LogP contribution in [0.2, 0.25) is 0 Å². The number of nitrogens with one attached hydrogen (secondary N) is 2. The summed E-state index contributed by atoms with van der Waals surface area (Å²) in [5, 5.41) is 11.6. The van der Waals surface area contributed by atoms with Crippen LogP contribution < -0.4 is 5.32 Å². The molecule has 1 aromatic heterocycles. The van der Waals surface area contributed by atoms with Crippen molar-refractivity contribution in [3.05, 3.63) is 24.0 Å². The Balaban J connectivity index is 2.34. The Hall–Kier alpha value is -1.29. The molecular formula is C10H16N2O2. The van der Waals surface area contributed by atoms with Crippen molar-refractivity contribution in [3.8, 4) is 0 Å². The average Bonchev–Trinajstić information content (AvgIpc) is 2.69. The molecule has 0 saturated heterocycles. The van der Waals surface area contributed by atoms with Crippen molar-refractivity contribution in [1.29, 1.82) is 0 Å². The number of amides is 1. The Labute approximate surface area is 83.3 Å². The third-order valence-corrected chi connectivity index (χ3v) is 2.20. The van der Waals surface area contributed by atoms with Crippen molar-refractivity contribution < 1.29 is 9.90 Å². The molecule has 0 aliphatic heterocycles. The van der Waals surface area contributed by atoms with Crippen molar-refractivity contribution in [2.24, 2.45) is 5.92 Å². The van der Waals surface area contributed by atoms with Crippen LogP contribution in [0.15, 0.2) is 18.3 Å². The number of carbonyl (C=O) groups excluding carboxylic acids is 1. The molecule has 0 aliphatic carbocycles. The van der Waals surface area contributed by atoms with E-state index >= 15 is 0 Å². The van der Waals surface area contributed by atoms with Crippen molar-refractivity contribution in [2.75, 3.05) is 6.61 Å². The van der Waals surface area contributed by atoms with Gasteiger partial charge in [0.2, 0.25) is 5.91 Å². The Morgan fingerprint density at radius 1 is 1.71 bits per heavy atom. The second-order valence-electron chi connectivity index (χ2n) is 3.20. The van der Waals surface area contributed by atoms with E-state index in [0.29, 0.717) is 13.0 Å². The van der Waals surface area contributed by atoms with Crippen LogP contribution >= 0.6 is 0 Å². The molecule has 1 heterocycles. The molecule has 1 rings (SSSR count). The summed E-state index contributed by atoms with van der Waals surface area (Å²) in [5.74, 6) is -0.380. The Bertz CT molecular complexity index is 266. The van der Waals surface area contributed by atoms with Crippen LogP contribution in [0.25, 0.3) is 0 Å². The zero-order valence-electron chi connectivity index (χ0n) is 8.29. The zero-order chi connectivity index (χ0) is 10.4. The molecular weight excluding hydrogens is 180 g/mol. The van der Waals surface area contributed by atoms with Gasteiger partial charge in [-0.2, -0.15) is 0 Å². The van der Waals surface area contributed by atoms with E-state index in [9.17, 15) is 4.79 Å². The van der Waals surface area contributed by atoms with E-state index < -0.39 is 0 Å². The van der Waals surface area contributed by atoms with Gasteiger partial charge in [0, 0.05) is 11.9 Å². The molecule has 0 aliphatic rings. The molecule has 1 amide bonds. The summed E-state index contributed by atoms with van der Waals surface area (Å²) in [6.45, 7) is 2.28. The Morgan fingerprint density at radius 2 is 2.50 bits per heavy atom. The monoisotopic (exact) mass is 196 g/mol. The molecule has 0 radical (unpaired) electrons. The van der Waals surface area contributed by atoms with Gasteiger partial charge in [-0.15, -0.1) is 0 Å². The van der Waals surface area contributed by atoms with Crippen LogP contribution in [0.1, 0.15) is 19.0 Å². The number of aliphatic hydroxyl groups excluding tert-OH is 1. The van der Waals surface area contributed by atoms with E-state index in [1.165, 1.54) is 0 Å². The molecule has 0 aromatic carbocycles. The third-order valence-electron chi connectivity index (χ3n) is 2.20. The summed E-state index contributed by atoms with van der Waals surface area (Å²) in [6.07, 6.45) is 2.47. The maximum absolute atomic E-state index is 11.4. The first-order chi connectivity index (χ1) is 6.77. The maximum atomic E-state index is 11.4. The third kappa shape index (κ3) is 2.88. The zero-order valence-corrected chi connectivity index (χ0v) is 8.29. The largest absolute Gasteiger partial charge is 0.396 e. The molecule has 0 saturated carbocycles. The fourth-order valence-corrected chi connectivity index (χ4v) is 1.20. The first-order valence-electron chi connectivity index (χ1n) is 4.78. The number of hydrogen-bond acceptors (Lipinski definition) is 2. The summed E-state index contributed by atoms with van der Waals surface area (Å²) in [4.78, 5) is 14.4. The molecule has 0 spiro atoms. The number of hydrogen-bond donors (Lipinski definition) is 3. The second-order valence-corrected chi connectivity index (χ2v) is 3.20. The molecule has 4 nitrogen and oxygen atoms in total. The van der Waals surface area contributed by atoms with Crippen LogP contribution in [0.4, 0.5) is 0 Å². The highest BCUT2D eigenvalue weighted by Crippen LogP contribution is 2.01. The van der Waals surface area contributed by atoms with E-state index in [2.05, 4.69) is 10.3 Å². The molecule has 0 bridgehead atoms. The van der Waals surface area contributed by atoms with Gasteiger partial charge in [0.1, 0.15) is 0 Å². The van der Waals surface area contributed by atoms with Gasteiger partial charge in [0.05, 0.1) is 19.1 Å². The fraction of sp³-hybridized carbons (Fsp3) is 0.500. The van der Waals surface area contributed by atoms with Crippen molar-refractivity contribution >= 4 is 5.91 Å². The van der Waals surface area contributed by atoms with Gasteiger partial charge in [0.15, 0.2) is 0 Å². The van der Waals surface area contributed by atoms with Gasteiger partial charge in [-0.1, -0.05) is 6.92 Å². The van der Waals surface area contributed by atoms with Gasteiger partial charge < -0.3 is 15.4 Å². The molecule has 1 atom stereocenters. The summed E-state index contributed by atoms with van der Waals surface area (Å²) < 4.78 is 0. The lowest BCUT2D eigenvalue weighted by atomic mass is 10.1. The average molecular weight is 196 g/mol. The van der Waals surface area contributed by atoms with Gasteiger partial charge in [-0.25, -0.2) is 0 Å². The Kier molecular flexibility index (Phi) is 4.19. The van der Waals surface area contributed by atoms with Gasteiger partial charge in [-0.3, -0.25) is 4.79 Å². The quantitative estimate of drug-likeness (QED) is 0.647. The molecule has 78 valence electrons. The maximum Gasteiger partial charge on any atom is 0.225 e. The minimum Gasteiger partial charge on any atom is -0.396 e. The summed E-state index contributed by atoms with van der Waals surface area (Å²) >= 11 is 0. The van der Waals surface area contributed by atoms with Gasteiger partial charge in [-0.05, 0) is 18.6 Å². The second kappa shape index (κ2) is 5.44. The van der Waals surface area contributed by atoms with E-state index in [-0.39, 0.29) is 18.4 Å². The highest BCUT2D eigenvalue weighted by atomic mass is 16.3. The smallest absolute Gasteiger partial charge is 0.225 e. The lowest BCUT2D eigenvalue weighted by Crippen LogP contribution is -2.31. The first-order valence-corrected chi connectivity index (χ1v) is 4.78. The predicted octanol–water partition coefficient (Wildman–Crippen LogP) is 0.649. The molecule has 1 aromatic rings. The topological polar surface area (TPSA) is 65.1 Å². The Morgan fingerprint density at radius 3 is 3.00 bits per heavy atom. The predicted molar refractivity (Wildman–Crippen MR) is 53.5 cm³/mol. The minimum atomic E-state index is -0.287. The molecule has 1 unspecified atom stereocenters. The van der Waals surface area contributed by atoms with E-state index in [0.717, 1.165) is 5.69 Å². The van der Waals surface area contributed by atoms with Crippen LogP contribution in [-0.2, 0) is 11.3 Å². The summed E-state index contributed by atoms with van der Waals surface area (Å²) in [7, 11) is 0. The van der Waals surface area contributed by atoms with Gasteiger partial charge >= 0.3 is 0 Å². The SMILES string of the molecule is CCC(CO)C(=O)NCc1ccc[nH]1. The van der Waals surface area contributed by atoms with E-state index in [1.54, 1.807) is 0 Å². The number of H-pyrrole nitrogens is 1. The lowest BCUT2D eigenvalue weighted by molar-refractivity contribution is -0.126. The number of aromatic nitrogens is 1. The number of rotatable bonds is 5. The molecule has 14 heavy (non-hydrogen) atoms. The lowest BCUT2D eigenvalue weighted by Gasteiger charge is -2.11.